The van der Waals surface area contributed by atoms with Crippen molar-refractivity contribution < 1.29 is 48.5 Å². The van der Waals surface area contributed by atoms with Crippen molar-refractivity contribution in [1.29, 1.82) is 0 Å². The Labute approximate surface area is 470 Å². The summed E-state index contributed by atoms with van der Waals surface area (Å²) in [6.07, 6.45) is 0.719. The van der Waals surface area contributed by atoms with Gasteiger partial charge in [-0.15, -0.1) is 0 Å². The molecule has 1 aliphatic carbocycles. The standard InChI is InChI=1S/C52H72N20O10/c1-3-25-17-33(81-67-25)41-37(73)39(75)47(79-41)71-23-55-35-43(63-49(65-45(35)71)69-15-11-31(21-69)61-51(77)59-29-9-13-53-19-29)57-27-5-7-28(8-6-27)58-44-36-46(66-50(64-44)70-16-12-32(22-70)62-52(78)60-30-10-14-54-20-30)72(24-56-36)48-40(76)38(74)42(80-48)34-18-26(4-2)68-82-34/h17-18,23-24,27-32,37-42,47-48,53-54,73-76H,3-16,19-22H2,1-2H3,(H,57,63,65)(H,58,64,66)(H2,59,61,77)(H2,60,62,78)/t27-,28-,29-,30-,31-,32-,37+,38+,39-,40-,41-,42-,47-,48-/m1/s1. The zero-order valence-corrected chi connectivity index (χ0v) is 45.7. The molecule has 6 aromatic rings. The van der Waals surface area contributed by atoms with E-state index in [4.69, 9.17) is 48.4 Å². The summed E-state index contributed by atoms with van der Waals surface area (Å²) in [5, 5.41) is 80.1. The molecule has 1 saturated carbocycles. The van der Waals surface area contributed by atoms with Gasteiger partial charge >= 0.3 is 12.1 Å². The number of aliphatic hydroxyl groups excluding tert-OH is 4. The maximum atomic E-state index is 13.0. The van der Waals surface area contributed by atoms with Gasteiger partial charge in [-0.25, -0.2) is 19.6 Å². The first-order valence-electron chi connectivity index (χ1n) is 28.9. The molecule has 0 unspecified atom stereocenters. The third kappa shape index (κ3) is 10.8. The summed E-state index contributed by atoms with van der Waals surface area (Å²) in [5.41, 5.74) is 3.04. The van der Waals surface area contributed by atoms with Crippen molar-refractivity contribution in [2.24, 2.45) is 0 Å². The minimum absolute atomic E-state index is 0.0517. The monoisotopic (exact) mass is 1140 g/mol. The van der Waals surface area contributed by atoms with Gasteiger partial charge in [0, 0.05) is 87.7 Å². The van der Waals surface area contributed by atoms with E-state index in [0.29, 0.717) is 146 Å². The fourth-order valence-electron chi connectivity index (χ4n) is 12.4. The van der Waals surface area contributed by atoms with Crippen LogP contribution in [0.5, 0.6) is 0 Å². The number of aryl methyl sites for hydroxylation is 2. The molecule has 13 rings (SSSR count). The molecule has 4 amide bonds. The molecule has 7 aliphatic rings. The molecule has 12 atom stereocenters. The smallest absolute Gasteiger partial charge is 0.315 e. The van der Waals surface area contributed by atoms with Gasteiger partial charge < -0.3 is 91.3 Å². The highest BCUT2D eigenvalue weighted by Crippen LogP contribution is 2.43. The number of amides is 4. The van der Waals surface area contributed by atoms with Crippen LogP contribution in [-0.4, -0.2) is 195 Å². The van der Waals surface area contributed by atoms with Crippen LogP contribution >= 0.6 is 0 Å². The van der Waals surface area contributed by atoms with Crippen LogP contribution in [0, 0.1) is 0 Å². The molecule has 0 spiro atoms. The van der Waals surface area contributed by atoms with Crippen LogP contribution < -0.4 is 52.3 Å². The Morgan fingerprint density at radius 3 is 1.38 bits per heavy atom. The number of anilines is 4. The fourth-order valence-corrected chi connectivity index (χ4v) is 12.4. The summed E-state index contributed by atoms with van der Waals surface area (Å²) in [6, 6.07) is 2.73. The summed E-state index contributed by atoms with van der Waals surface area (Å²) in [6.45, 7) is 9.13. The van der Waals surface area contributed by atoms with E-state index in [1.54, 1.807) is 21.3 Å². The second-order valence-corrected chi connectivity index (χ2v) is 22.7. The number of nitrogens with one attached hydrogen (secondary N) is 8. The molecule has 6 aliphatic heterocycles. The van der Waals surface area contributed by atoms with E-state index in [-0.39, 0.29) is 48.3 Å². The number of aromatic nitrogens is 10. The number of nitrogens with zero attached hydrogens (tertiary/aromatic N) is 12. The van der Waals surface area contributed by atoms with Crippen LogP contribution in [0.25, 0.3) is 22.3 Å². The molecule has 12 heterocycles. The summed E-state index contributed by atoms with van der Waals surface area (Å²) >= 11 is 0. The van der Waals surface area contributed by atoms with Crippen molar-refractivity contribution in [3.63, 3.8) is 0 Å². The van der Waals surface area contributed by atoms with Gasteiger partial charge in [0.15, 0.2) is 57.9 Å². The van der Waals surface area contributed by atoms with E-state index in [1.807, 2.05) is 23.6 Å². The summed E-state index contributed by atoms with van der Waals surface area (Å²) in [5.74, 6) is 2.39. The van der Waals surface area contributed by atoms with Crippen molar-refractivity contribution in [2.75, 3.05) is 72.8 Å². The predicted octanol–water partition coefficient (Wildman–Crippen LogP) is 0.365. The van der Waals surface area contributed by atoms with Gasteiger partial charge in [0.05, 0.1) is 24.0 Å². The van der Waals surface area contributed by atoms with Gasteiger partial charge in [-0.1, -0.05) is 24.2 Å². The Hall–Kier alpha value is -7.06. The molecule has 7 fully saturated rings. The first-order chi connectivity index (χ1) is 39.9. The van der Waals surface area contributed by atoms with Crippen molar-refractivity contribution in [3.05, 3.63) is 47.7 Å². The van der Waals surface area contributed by atoms with Crippen LogP contribution in [-0.2, 0) is 22.3 Å². The van der Waals surface area contributed by atoms with Gasteiger partial charge in [-0.2, -0.15) is 19.9 Å². The van der Waals surface area contributed by atoms with E-state index >= 15 is 0 Å². The first-order valence-corrected chi connectivity index (χ1v) is 28.9. The van der Waals surface area contributed by atoms with Gasteiger partial charge in [0.1, 0.15) is 36.6 Å². The Balaban J connectivity index is 0.742. The number of hydrogen-bond acceptors (Lipinski definition) is 24. The molecule has 0 aromatic carbocycles. The highest BCUT2D eigenvalue weighted by molar-refractivity contribution is 5.86. The van der Waals surface area contributed by atoms with Gasteiger partial charge in [0.25, 0.3) is 0 Å². The Morgan fingerprint density at radius 1 is 0.561 bits per heavy atom. The molecule has 12 N–H and O–H groups in total. The fraction of sp³-hybridized carbons (Fsp3) is 0.654. The molecule has 30 heteroatoms. The summed E-state index contributed by atoms with van der Waals surface area (Å²) in [7, 11) is 0. The average molecular weight is 1140 g/mol. The van der Waals surface area contributed by atoms with Crippen LogP contribution in [0.4, 0.5) is 33.1 Å². The van der Waals surface area contributed by atoms with Crippen molar-refractivity contribution >= 4 is 57.9 Å². The number of aliphatic hydroxyl groups is 4. The topological polar surface area (TPSA) is 375 Å². The van der Waals surface area contributed by atoms with Gasteiger partial charge in [-0.05, 0) is 77.3 Å². The number of imidazole rings is 2. The number of hydrogen-bond donors (Lipinski definition) is 12. The van der Waals surface area contributed by atoms with E-state index in [9.17, 15) is 30.0 Å². The molecule has 0 radical (unpaired) electrons. The van der Waals surface area contributed by atoms with Crippen LogP contribution in [0.2, 0.25) is 0 Å². The molecule has 82 heavy (non-hydrogen) atoms. The highest BCUT2D eigenvalue weighted by atomic mass is 16.6. The lowest BCUT2D eigenvalue weighted by atomic mass is 9.91. The predicted molar refractivity (Wildman–Crippen MR) is 293 cm³/mol. The SMILES string of the molecule is CCc1cc([C@H]2O[C@@H](n3cnc4c(N[C@H]5CC[C@H](Nc6nc(N7CC[C@@H](NC(=O)N[C@@H]8CCNC8)C7)nc7c6ncn7[C@@H]6O[C@H](c7cc(CC)no7)[C@@H](O)[C@H]6O)CC5)nc(N5CC[C@@H](NC(=O)N[C@@H]6CCNC6)C5)nc43)[C@H](O)[C@@H]2O)on1. The number of fused-ring (bicyclic) bond motifs is 2. The van der Waals surface area contributed by atoms with Crippen LogP contribution in [0.1, 0.15) is 113 Å². The zero-order valence-electron chi connectivity index (χ0n) is 45.7. The molecule has 6 aromatic heterocycles. The molecule has 440 valence electrons. The largest absolute Gasteiger partial charge is 0.387 e. The average Bonchev–Trinajstić information content (AvgIpc) is 4.37. The molecule has 6 saturated heterocycles. The van der Waals surface area contributed by atoms with E-state index in [1.165, 1.54) is 12.7 Å². The van der Waals surface area contributed by atoms with Crippen molar-refractivity contribution in [1.82, 2.24) is 81.3 Å². The van der Waals surface area contributed by atoms with Gasteiger partial charge in [-0.3, -0.25) is 9.13 Å². The van der Waals surface area contributed by atoms with Crippen molar-refractivity contribution in [2.45, 2.75) is 163 Å². The number of urea groups is 2. The van der Waals surface area contributed by atoms with E-state index in [2.05, 4.69) is 52.8 Å². The quantitative estimate of drug-likeness (QED) is 0.0623. The first kappa shape index (κ1) is 54.2. The molecular formula is C52H72N20O10. The number of ether oxygens (including phenoxy) is 2. The summed E-state index contributed by atoms with van der Waals surface area (Å²) < 4.78 is 27.0. The third-order valence-corrected chi connectivity index (χ3v) is 17.1. The van der Waals surface area contributed by atoms with Gasteiger partial charge in [0.2, 0.25) is 11.9 Å². The van der Waals surface area contributed by atoms with Crippen LogP contribution in [0.15, 0.2) is 33.8 Å². The minimum Gasteiger partial charge on any atom is -0.387 e. The molecule has 30 nitrogen and oxygen atoms in total. The molecule has 0 bridgehead atoms. The van der Waals surface area contributed by atoms with Crippen molar-refractivity contribution in [3.8, 4) is 0 Å². The lowest BCUT2D eigenvalue weighted by Crippen LogP contribution is -2.47. The zero-order chi connectivity index (χ0) is 56.2. The minimum atomic E-state index is -1.37. The number of carbonyl (C=O) groups is 2. The van der Waals surface area contributed by atoms with E-state index < -0.39 is 49.1 Å². The maximum Gasteiger partial charge on any atom is 0.315 e. The maximum absolute atomic E-state index is 13.0. The normalized spacial score (nSPS) is 31.2. The second-order valence-electron chi connectivity index (χ2n) is 22.7. The second kappa shape index (κ2) is 22.9. The number of carbonyl (C=O) groups excluding carboxylic acids is 2. The Morgan fingerprint density at radius 2 is 0.988 bits per heavy atom. The lowest BCUT2D eigenvalue weighted by molar-refractivity contribution is -0.0434. The Bertz CT molecular complexity index is 3020. The highest BCUT2D eigenvalue weighted by Gasteiger charge is 2.49. The summed E-state index contributed by atoms with van der Waals surface area (Å²) in [4.78, 5) is 59.9. The van der Waals surface area contributed by atoms with Crippen LogP contribution in [0.3, 0.4) is 0 Å². The molecular weight excluding hydrogens is 1060 g/mol. The third-order valence-electron chi connectivity index (χ3n) is 17.1. The number of rotatable bonds is 16. The lowest BCUT2D eigenvalue weighted by Gasteiger charge is -2.31. The van der Waals surface area contributed by atoms with E-state index in [0.717, 1.165) is 39.0 Å². The Kier molecular flexibility index (Phi) is 15.2.